The topological polar surface area (TPSA) is 99.9 Å². The molecule has 11 heteroatoms. The van der Waals surface area contributed by atoms with E-state index in [9.17, 15) is 9.90 Å². The van der Waals surface area contributed by atoms with Crippen molar-refractivity contribution < 1.29 is 40.3 Å². The molecule has 2 aliphatic heterocycles. The molecule has 2 heterocycles. The van der Waals surface area contributed by atoms with Crippen LogP contribution in [0.4, 0.5) is 0 Å². The van der Waals surface area contributed by atoms with Crippen LogP contribution in [0.25, 0.3) is 16.3 Å². The van der Waals surface area contributed by atoms with Crippen molar-refractivity contribution in [1.29, 1.82) is 0 Å². The first-order valence-corrected chi connectivity index (χ1v) is 14.5. The van der Waals surface area contributed by atoms with Crippen molar-refractivity contribution in [3.8, 4) is 0 Å². The van der Waals surface area contributed by atoms with Gasteiger partial charge in [0.25, 0.3) is 5.91 Å². The Hall–Kier alpha value is -1.43. The molecule has 0 N–H and O–H groups in total. The second-order valence-electron chi connectivity index (χ2n) is 9.94. The number of nitrogens with zero attached hydrogens (tertiary/aromatic N) is 4. The number of rotatable bonds is 13. The number of fused-ring (bicyclic) bond motifs is 3. The Morgan fingerprint density at radius 1 is 1.12 bits per heavy atom. The van der Waals surface area contributed by atoms with E-state index in [1.165, 1.54) is 22.9 Å². The number of amides is 1. The number of hydrogen-bond acceptors (Lipinski definition) is 8. The largest absolute Gasteiger partial charge is 5.00 e. The number of hydroxylamine groups is 2. The average Bonchev–Trinajstić information content (AvgIpc) is 3.21. The van der Waals surface area contributed by atoms with Crippen LogP contribution >= 0.6 is 0 Å². The van der Waals surface area contributed by atoms with Crippen LogP contribution in [0.3, 0.4) is 0 Å². The Balaban J connectivity index is 0.00000280. The number of carbonyl (C=O) groups excluding carboxylic acids is 1. The average molecular weight is 668 g/mol. The van der Waals surface area contributed by atoms with Gasteiger partial charge in [0, 0.05) is 44.3 Å². The van der Waals surface area contributed by atoms with Crippen molar-refractivity contribution >= 4 is 53.4 Å². The SMILES string of the molecule is CON(C)C(=O)C1=C(c2ccc3ccccc3c2)CC2CCC1N2CCCN(CC[S-])CC([O-])=NCC[S-].[O-2].[Tc+5]. The summed E-state index contributed by atoms with van der Waals surface area (Å²) in [5, 5.41) is 15.9. The summed E-state index contributed by atoms with van der Waals surface area (Å²) in [6, 6.07) is 15.3. The standard InChI is InChI=1S/C29H40N4O3S2.O.Tc/c1-31(36-2)29(35)28-25(23-9-8-21-6-3-4-7-22(21)18-23)19-24-10-11-26(28)33(24)14-5-13-32(15-17-38)20-27(34)30-12-16-37;;/h3-4,6-9,18,24,26,37-38H,5,10-17,19-20H2,1-2H3,(H,30,34);;/q;-2;+5/p-3. The molecule has 2 aliphatic rings. The van der Waals surface area contributed by atoms with Crippen LogP contribution in [0.15, 0.2) is 53.0 Å². The van der Waals surface area contributed by atoms with Gasteiger partial charge in [0.05, 0.1) is 7.11 Å². The van der Waals surface area contributed by atoms with E-state index in [1.54, 1.807) is 7.05 Å². The molecule has 40 heavy (non-hydrogen) atoms. The normalized spacial score (nSPS) is 19.1. The third kappa shape index (κ3) is 8.32. The number of hydrogen-bond donors (Lipinski definition) is 0. The summed E-state index contributed by atoms with van der Waals surface area (Å²) in [5.41, 5.74) is 3.10. The van der Waals surface area contributed by atoms with E-state index in [0.717, 1.165) is 55.5 Å². The summed E-state index contributed by atoms with van der Waals surface area (Å²) in [6.45, 7) is 2.99. The predicted octanol–water partition coefficient (Wildman–Crippen LogP) is 2.27. The minimum absolute atomic E-state index is 0. The summed E-state index contributed by atoms with van der Waals surface area (Å²) >= 11 is 10.1. The van der Waals surface area contributed by atoms with E-state index in [2.05, 4.69) is 45.1 Å². The maximum atomic E-state index is 13.6. The Kier molecular flexibility index (Phi) is 14.7. The summed E-state index contributed by atoms with van der Waals surface area (Å²) in [6.07, 6.45) is 3.74. The molecule has 2 unspecified atom stereocenters. The van der Waals surface area contributed by atoms with Crippen molar-refractivity contribution in [3.05, 3.63) is 53.6 Å². The van der Waals surface area contributed by atoms with Gasteiger partial charge in [-0.25, -0.2) is 5.06 Å². The second-order valence-corrected chi connectivity index (χ2v) is 10.8. The summed E-state index contributed by atoms with van der Waals surface area (Å²) < 4.78 is 0. The van der Waals surface area contributed by atoms with E-state index in [0.29, 0.717) is 30.6 Å². The summed E-state index contributed by atoms with van der Waals surface area (Å²) in [4.78, 5) is 27.6. The van der Waals surface area contributed by atoms with Gasteiger partial charge in [-0.15, -0.1) is 0 Å². The van der Waals surface area contributed by atoms with E-state index in [1.807, 2.05) is 12.1 Å². The first kappa shape index (κ1) is 34.8. The summed E-state index contributed by atoms with van der Waals surface area (Å²) in [5.74, 6) is 0.823. The smallest absolute Gasteiger partial charge is 2.00 e. The van der Waals surface area contributed by atoms with Crippen molar-refractivity contribution in [1.82, 2.24) is 14.9 Å². The molecule has 4 rings (SSSR count). The number of likely N-dealkylation sites (N-methyl/N-ethyl adjacent to an activating group) is 1. The molecule has 0 aromatic heterocycles. The van der Waals surface area contributed by atoms with Gasteiger partial charge in [0.2, 0.25) is 0 Å². The van der Waals surface area contributed by atoms with Crippen molar-refractivity contribution in [2.24, 2.45) is 4.99 Å². The molecular formula is C29H37N4O4S2Tc. The Labute approximate surface area is 262 Å². The van der Waals surface area contributed by atoms with Crippen LogP contribution < -0.4 is 5.11 Å². The third-order valence-corrected chi connectivity index (χ3v) is 8.03. The van der Waals surface area contributed by atoms with Crippen LogP contribution in [0, 0.1) is 0 Å². The molecule has 2 aromatic rings. The molecule has 2 aromatic carbocycles. The molecule has 1 amide bonds. The van der Waals surface area contributed by atoms with Gasteiger partial charge in [0.15, 0.2) is 0 Å². The molecule has 2 bridgehead atoms. The first-order valence-electron chi connectivity index (χ1n) is 13.4. The van der Waals surface area contributed by atoms with Crippen LogP contribution in [0.2, 0.25) is 0 Å². The van der Waals surface area contributed by atoms with Crippen LogP contribution in [-0.2, 0) is 60.5 Å². The molecule has 0 aliphatic carbocycles. The van der Waals surface area contributed by atoms with Gasteiger partial charge >= 0.3 is 20.1 Å². The Bertz CT molecular complexity index is 1180. The van der Waals surface area contributed by atoms with E-state index in [-0.39, 0.29) is 50.0 Å². The number of carbonyl (C=O) groups is 1. The zero-order chi connectivity index (χ0) is 27.1. The predicted molar refractivity (Wildman–Crippen MR) is 157 cm³/mol. The Morgan fingerprint density at radius 2 is 1.88 bits per heavy atom. The number of aliphatic imine (C=N–C) groups is 1. The quantitative estimate of drug-likeness (QED) is 0.140. The molecule has 2 atom stereocenters. The van der Waals surface area contributed by atoms with Crippen LogP contribution in [0.5, 0.6) is 0 Å². The fourth-order valence-electron chi connectivity index (χ4n) is 5.81. The fraction of sp³-hybridized carbons (Fsp3) is 0.517. The summed E-state index contributed by atoms with van der Waals surface area (Å²) in [7, 11) is 3.21. The second kappa shape index (κ2) is 16.9. The van der Waals surface area contributed by atoms with E-state index < -0.39 is 0 Å². The Morgan fingerprint density at radius 3 is 2.58 bits per heavy atom. The molecule has 8 nitrogen and oxygen atoms in total. The maximum absolute atomic E-state index is 13.6. The van der Waals surface area contributed by atoms with Gasteiger partial charge in [0.1, 0.15) is 0 Å². The van der Waals surface area contributed by atoms with Crippen LogP contribution in [0.1, 0.15) is 31.2 Å². The molecule has 216 valence electrons. The van der Waals surface area contributed by atoms with E-state index >= 15 is 0 Å². The molecule has 0 spiro atoms. The van der Waals surface area contributed by atoms with Crippen LogP contribution in [-0.4, -0.2) is 97.1 Å². The molecule has 1 saturated heterocycles. The third-order valence-electron chi connectivity index (χ3n) is 7.67. The molecular weight excluding hydrogens is 630 g/mol. The minimum Gasteiger partial charge on any atom is -2.00 e. The molecule has 1 fully saturated rings. The van der Waals surface area contributed by atoms with Gasteiger partial charge in [-0.1, -0.05) is 36.4 Å². The molecule has 0 radical (unpaired) electrons. The minimum atomic E-state index is -0.130. The fourth-order valence-corrected chi connectivity index (χ4v) is 6.16. The van der Waals surface area contributed by atoms with Crippen molar-refractivity contribution in [3.63, 3.8) is 0 Å². The van der Waals surface area contributed by atoms with Crippen molar-refractivity contribution in [2.45, 2.75) is 37.8 Å². The van der Waals surface area contributed by atoms with Gasteiger partial charge in [-0.05, 0) is 72.6 Å². The molecule has 0 saturated carbocycles. The number of benzene rings is 2. The monoisotopic (exact) mass is 666 g/mol. The zero-order valence-electron chi connectivity index (χ0n) is 23.1. The maximum Gasteiger partial charge on any atom is 5.00 e. The van der Waals surface area contributed by atoms with Gasteiger partial charge in [-0.3, -0.25) is 14.5 Å². The van der Waals surface area contributed by atoms with Gasteiger partial charge in [-0.2, -0.15) is 11.5 Å². The van der Waals surface area contributed by atoms with Gasteiger partial charge < -0.3 is 45.7 Å². The zero-order valence-corrected chi connectivity index (χ0v) is 26.6. The van der Waals surface area contributed by atoms with E-state index in [4.69, 9.17) is 30.1 Å². The first-order chi connectivity index (χ1) is 18.5. The van der Waals surface area contributed by atoms with Crippen molar-refractivity contribution in [2.75, 3.05) is 58.4 Å².